The van der Waals surface area contributed by atoms with Crippen LogP contribution in [0.2, 0.25) is 0 Å². The van der Waals surface area contributed by atoms with Gasteiger partial charge < -0.3 is 0 Å². The molecule has 0 bridgehead atoms. The molecule has 1 saturated heterocycles. The van der Waals surface area contributed by atoms with Crippen molar-refractivity contribution in [2.24, 2.45) is 0 Å². The zero-order valence-corrected chi connectivity index (χ0v) is 18.7. The van der Waals surface area contributed by atoms with Gasteiger partial charge in [0.05, 0.1) is 28.1 Å². The topological polar surface area (TPSA) is 83.5 Å². The molecular weight excluding hydrogens is 436 g/mol. The van der Waals surface area contributed by atoms with Crippen LogP contribution in [0.1, 0.15) is 34.5 Å². The van der Waals surface area contributed by atoms with Gasteiger partial charge in [-0.15, -0.1) is 0 Å². The Kier molecular flexibility index (Phi) is 5.43. The van der Waals surface area contributed by atoms with Gasteiger partial charge in [-0.1, -0.05) is 29.5 Å². The number of hydrogen-bond donors (Lipinski definition) is 0. The highest BCUT2D eigenvalue weighted by Crippen LogP contribution is 2.32. The van der Waals surface area contributed by atoms with Crippen molar-refractivity contribution < 1.29 is 14.4 Å². The summed E-state index contributed by atoms with van der Waals surface area (Å²) in [5.74, 6) is -0.787. The van der Waals surface area contributed by atoms with Crippen LogP contribution in [0.25, 0.3) is 10.2 Å². The van der Waals surface area contributed by atoms with Crippen LogP contribution in [0.15, 0.2) is 66.9 Å². The molecule has 1 aliphatic heterocycles. The molecule has 1 fully saturated rings. The molecule has 33 heavy (non-hydrogen) atoms. The van der Waals surface area contributed by atoms with Crippen LogP contribution in [-0.2, 0) is 16.1 Å². The fraction of sp³-hybridized carbons (Fsp3) is 0.160. The second kappa shape index (κ2) is 8.55. The number of thiazole rings is 1. The first-order valence-electron chi connectivity index (χ1n) is 10.5. The SMILES string of the molecule is Cc1ccc2nc(N(Cc3ccccn3)C(=O)c3cccc(N4C(=O)CCC4=O)c3)sc2c1. The molecular formula is C25H20N4O3S. The van der Waals surface area contributed by atoms with E-state index in [9.17, 15) is 14.4 Å². The fourth-order valence-corrected chi connectivity index (χ4v) is 4.87. The van der Waals surface area contributed by atoms with Gasteiger partial charge in [0.2, 0.25) is 11.8 Å². The van der Waals surface area contributed by atoms with Gasteiger partial charge in [-0.05, 0) is 55.0 Å². The number of benzene rings is 2. The number of imide groups is 1. The van der Waals surface area contributed by atoms with Crippen LogP contribution in [0.5, 0.6) is 0 Å². The summed E-state index contributed by atoms with van der Waals surface area (Å²) in [4.78, 5) is 49.9. The highest BCUT2D eigenvalue weighted by atomic mass is 32.1. The van der Waals surface area contributed by atoms with E-state index in [1.54, 1.807) is 35.4 Å². The molecule has 0 aliphatic carbocycles. The normalized spacial score (nSPS) is 13.7. The molecule has 3 amide bonds. The van der Waals surface area contributed by atoms with Crippen molar-refractivity contribution in [1.82, 2.24) is 9.97 Å². The molecule has 3 heterocycles. The molecule has 164 valence electrons. The summed E-state index contributed by atoms with van der Waals surface area (Å²) in [6, 6.07) is 18.2. The van der Waals surface area contributed by atoms with E-state index in [0.717, 1.165) is 26.4 Å². The third-order valence-electron chi connectivity index (χ3n) is 5.46. The number of aromatic nitrogens is 2. The highest BCUT2D eigenvalue weighted by molar-refractivity contribution is 7.22. The molecule has 8 heteroatoms. The summed E-state index contributed by atoms with van der Waals surface area (Å²) < 4.78 is 0.992. The molecule has 0 atom stereocenters. The van der Waals surface area contributed by atoms with Crippen LogP contribution < -0.4 is 9.80 Å². The number of aryl methyl sites for hydroxylation is 1. The summed E-state index contributed by atoms with van der Waals surface area (Å²) >= 11 is 1.44. The van der Waals surface area contributed by atoms with Gasteiger partial charge in [0.25, 0.3) is 5.91 Å². The van der Waals surface area contributed by atoms with Crippen molar-refractivity contribution in [3.8, 4) is 0 Å². The lowest BCUT2D eigenvalue weighted by molar-refractivity contribution is -0.121. The second-order valence-corrected chi connectivity index (χ2v) is 8.86. The lowest BCUT2D eigenvalue weighted by Gasteiger charge is -2.21. The molecule has 2 aromatic heterocycles. The Morgan fingerprint density at radius 1 is 1.03 bits per heavy atom. The van der Waals surface area contributed by atoms with Crippen LogP contribution in [0.3, 0.4) is 0 Å². The predicted octanol–water partition coefficient (Wildman–Crippen LogP) is 4.50. The Bertz CT molecular complexity index is 1370. The molecule has 4 aromatic rings. The first-order chi connectivity index (χ1) is 16.0. The average Bonchev–Trinajstić information content (AvgIpc) is 3.39. The number of carbonyl (C=O) groups is 3. The summed E-state index contributed by atoms with van der Waals surface area (Å²) in [5, 5.41) is 0.560. The number of amides is 3. The standard InChI is InChI=1S/C25H20N4O3S/c1-16-8-9-20-21(13-16)33-25(27-20)28(15-18-6-2-3-12-26-18)24(32)17-5-4-7-19(14-17)29-22(30)10-11-23(29)31/h2-9,12-14H,10-11,15H2,1H3. The van der Waals surface area contributed by atoms with Gasteiger partial charge in [-0.2, -0.15) is 0 Å². The minimum Gasteiger partial charge on any atom is -0.278 e. The van der Waals surface area contributed by atoms with Gasteiger partial charge in [-0.25, -0.2) is 4.98 Å². The molecule has 0 unspecified atom stereocenters. The zero-order chi connectivity index (χ0) is 22.9. The minimum absolute atomic E-state index is 0.188. The van der Waals surface area contributed by atoms with E-state index in [1.807, 2.05) is 43.3 Å². The Labute approximate surface area is 194 Å². The fourth-order valence-electron chi connectivity index (χ4n) is 3.81. The number of hydrogen-bond acceptors (Lipinski definition) is 6. The van der Waals surface area contributed by atoms with Crippen molar-refractivity contribution in [2.75, 3.05) is 9.80 Å². The van der Waals surface area contributed by atoms with Crippen LogP contribution in [0.4, 0.5) is 10.8 Å². The predicted molar refractivity (Wildman–Crippen MR) is 127 cm³/mol. The molecule has 0 radical (unpaired) electrons. The van der Waals surface area contributed by atoms with Crippen molar-refractivity contribution in [2.45, 2.75) is 26.3 Å². The van der Waals surface area contributed by atoms with E-state index < -0.39 is 0 Å². The molecule has 5 rings (SSSR count). The van der Waals surface area contributed by atoms with Gasteiger partial charge in [0, 0.05) is 24.6 Å². The van der Waals surface area contributed by atoms with Gasteiger partial charge in [-0.3, -0.25) is 29.2 Å². The molecule has 0 N–H and O–H groups in total. The number of nitrogens with zero attached hydrogens (tertiary/aromatic N) is 4. The van der Waals surface area contributed by atoms with Crippen molar-refractivity contribution in [1.29, 1.82) is 0 Å². The molecule has 7 nitrogen and oxygen atoms in total. The van der Waals surface area contributed by atoms with E-state index in [2.05, 4.69) is 4.98 Å². The lowest BCUT2D eigenvalue weighted by Crippen LogP contribution is -2.32. The van der Waals surface area contributed by atoms with Crippen LogP contribution >= 0.6 is 11.3 Å². The Balaban J connectivity index is 1.54. The van der Waals surface area contributed by atoms with E-state index in [-0.39, 0.29) is 37.1 Å². The van der Waals surface area contributed by atoms with Crippen molar-refractivity contribution in [3.63, 3.8) is 0 Å². The second-order valence-electron chi connectivity index (χ2n) is 7.85. The van der Waals surface area contributed by atoms with Crippen LogP contribution in [-0.4, -0.2) is 27.7 Å². The quantitative estimate of drug-likeness (QED) is 0.413. The third kappa shape index (κ3) is 4.12. The molecule has 0 saturated carbocycles. The number of anilines is 2. The van der Waals surface area contributed by atoms with E-state index in [4.69, 9.17) is 4.98 Å². The first kappa shape index (κ1) is 21.0. The van der Waals surface area contributed by atoms with Gasteiger partial charge in [0.15, 0.2) is 5.13 Å². The third-order valence-corrected chi connectivity index (χ3v) is 6.50. The van der Waals surface area contributed by atoms with E-state index >= 15 is 0 Å². The maximum absolute atomic E-state index is 13.7. The summed E-state index contributed by atoms with van der Waals surface area (Å²) in [6.07, 6.45) is 2.06. The maximum atomic E-state index is 13.7. The number of fused-ring (bicyclic) bond motifs is 1. The smallest absolute Gasteiger partial charge is 0.260 e. The monoisotopic (exact) mass is 456 g/mol. The zero-order valence-electron chi connectivity index (χ0n) is 17.9. The Morgan fingerprint density at radius 2 is 1.85 bits per heavy atom. The van der Waals surface area contributed by atoms with Crippen molar-refractivity contribution >= 4 is 50.1 Å². The maximum Gasteiger partial charge on any atom is 0.260 e. The Hall–Kier alpha value is -3.91. The molecule has 0 spiro atoms. The summed E-state index contributed by atoms with van der Waals surface area (Å²) in [5.41, 5.74) is 3.44. The van der Waals surface area contributed by atoms with Gasteiger partial charge >= 0.3 is 0 Å². The van der Waals surface area contributed by atoms with Crippen molar-refractivity contribution in [3.05, 3.63) is 83.7 Å². The largest absolute Gasteiger partial charge is 0.278 e. The number of rotatable bonds is 5. The molecule has 1 aliphatic rings. The average molecular weight is 457 g/mol. The minimum atomic E-state index is -0.280. The summed E-state index contributed by atoms with van der Waals surface area (Å²) in [6.45, 7) is 2.26. The summed E-state index contributed by atoms with van der Waals surface area (Å²) in [7, 11) is 0. The van der Waals surface area contributed by atoms with E-state index in [0.29, 0.717) is 16.4 Å². The molecule has 2 aromatic carbocycles. The Morgan fingerprint density at radius 3 is 2.61 bits per heavy atom. The van der Waals surface area contributed by atoms with E-state index in [1.165, 1.54) is 11.3 Å². The highest BCUT2D eigenvalue weighted by Gasteiger charge is 2.31. The lowest BCUT2D eigenvalue weighted by atomic mass is 10.1. The van der Waals surface area contributed by atoms with Gasteiger partial charge in [0.1, 0.15) is 0 Å². The first-order valence-corrected chi connectivity index (χ1v) is 11.4. The number of pyridine rings is 1. The number of carbonyl (C=O) groups excluding carboxylic acids is 3. The van der Waals surface area contributed by atoms with Crippen LogP contribution in [0, 0.1) is 6.92 Å².